The summed E-state index contributed by atoms with van der Waals surface area (Å²) in [5, 5.41) is 0. The van der Waals surface area contributed by atoms with Gasteiger partial charge in [-0.2, -0.15) is 0 Å². The molecule has 0 fully saturated rings. The van der Waals surface area contributed by atoms with E-state index in [1.54, 1.807) is 0 Å². The Hall–Kier alpha value is -0.855. The molecule has 0 amide bonds. The van der Waals surface area contributed by atoms with Crippen LogP contribution in [0.4, 0.5) is 0 Å². The topological polar surface area (TPSA) is 25.8 Å². The van der Waals surface area contributed by atoms with Crippen LogP contribution in [-0.4, -0.2) is 18.4 Å². The highest BCUT2D eigenvalue weighted by molar-refractivity contribution is 5.75. The molecular formula is C7H10BN2. The number of aryl methyl sites for hydroxylation is 3. The van der Waals surface area contributed by atoms with Crippen LogP contribution in [0, 0.1) is 20.8 Å². The molecule has 51 valence electrons. The minimum atomic E-state index is 0. The molecule has 0 atom stereocenters. The average Bonchev–Trinajstić information content (AvgIpc) is 1.59. The molecule has 0 saturated carbocycles. The predicted octanol–water partition coefficient (Wildman–Crippen LogP) is 1.02. The maximum Gasteiger partial charge on any atom is 0.125 e. The fourth-order valence-corrected chi connectivity index (χ4v) is 0.902. The van der Waals surface area contributed by atoms with Gasteiger partial charge in [0.1, 0.15) is 5.82 Å². The van der Waals surface area contributed by atoms with Crippen molar-refractivity contribution < 1.29 is 0 Å². The molecule has 0 aromatic carbocycles. The van der Waals surface area contributed by atoms with Crippen LogP contribution in [-0.2, 0) is 0 Å². The van der Waals surface area contributed by atoms with Gasteiger partial charge in [-0.1, -0.05) is 0 Å². The number of hydrogen-bond donors (Lipinski definition) is 0. The summed E-state index contributed by atoms with van der Waals surface area (Å²) in [4.78, 5) is 8.25. The maximum absolute atomic E-state index is 4.12. The Balaban J connectivity index is 0.000000810. The SMILES string of the molecule is Cc1cc(C)nc(C)n1.[B]. The van der Waals surface area contributed by atoms with Crippen LogP contribution < -0.4 is 0 Å². The van der Waals surface area contributed by atoms with Crippen molar-refractivity contribution in [2.24, 2.45) is 0 Å². The first-order valence-corrected chi connectivity index (χ1v) is 2.97. The van der Waals surface area contributed by atoms with Gasteiger partial charge < -0.3 is 0 Å². The van der Waals surface area contributed by atoms with Crippen molar-refractivity contribution in [3.63, 3.8) is 0 Å². The van der Waals surface area contributed by atoms with Crippen molar-refractivity contribution in [2.45, 2.75) is 20.8 Å². The van der Waals surface area contributed by atoms with Crippen LogP contribution in [0.1, 0.15) is 17.2 Å². The molecular weight excluding hydrogens is 123 g/mol. The highest BCUT2D eigenvalue weighted by Gasteiger charge is 1.90. The standard InChI is InChI=1S/C7H10N2.B/c1-5-4-6(2)9-7(3)8-5;/h4H,1-3H3;. The maximum atomic E-state index is 4.12. The smallest absolute Gasteiger partial charge is 0.125 e. The monoisotopic (exact) mass is 133 g/mol. The lowest BCUT2D eigenvalue weighted by Gasteiger charge is -1.95. The molecule has 0 spiro atoms. The zero-order valence-corrected chi connectivity index (χ0v) is 6.55. The molecule has 0 aliphatic rings. The zero-order valence-electron chi connectivity index (χ0n) is 6.55. The molecule has 3 radical (unpaired) electrons. The van der Waals surface area contributed by atoms with Gasteiger partial charge in [-0.3, -0.25) is 0 Å². The molecule has 1 aromatic heterocycles. The number of hydrogen-bond acceptors (Lipinski definition) is 2. The largest absolute Gasteiger partial charge is 0.239 e. The van der Waals surface area contributed by atoms with Crippen LogP contribution in [0.25, 0.3) is 0 Å². The van der Waals surface area contributed by atoms with Gasteiger partial charge in [-0.25, -0.2) is 9.97 Å². The third kappa shape index (κ3) is 2.17. The van der Waals surface area contributed by atoms with Gasteiger partial charge in [-0.15, -0.1) is 0 Å². The highest BCUT2D eigenvalue weighted by atomic mass is 14.9. The molecule has 0 unspecified atom stereocenters. The van der Waals surface area contributed by atoms with Crippen LogP contribution in [0.15, 0.2) is 6.07 Å². The molecule has 10 heavy (non-hydrogen) atoms. The Morgan fingerprint density at radius 2 is 1.40 bits per heavy atom. The number of rotatable bonds is 0. The molecule has 1 heterocycles. The van der Waals surface area contributed by atoms with E-state index in [1.807, 2.05) is 26.8 Å². The lowest BCUT2D eigenvalue weighted by Crippen LogP contribution is -1.91. The first kappa shape index (κ1) is 9.14. The van der Waals surface area contributed by atoms with Crippen molar-refractivity contribution in [3.05, 3.63) is 23.3 Å². The second kappa shape index (κ2) is 3.35. The van der Waals surface area contributed by atoms with Crippen LogP contribution in [0.2, 0.25) is 0 Å². The van der Waals surface area contributed by atoms with E-state index in [4.69, 9.17) is 0 Å². The van der Waals surface area contributed by atoms with E-state index < -0.39 is 0 Å². The Kier molecular flexibility index (Phi) is 3.06. The summed E-state index contributed by atoms with van der Waals surface area (Å²) in [6, 6.07) is 1.97. The highest BCUT2D eigenvalue weighted by Crippen LogP contribution is 1.96. The first-order valence-electron chi connectivity index (χ1n) is 2.97. The van der Waals surface area contributed by atoms with E-state index in [0.29, 0.717) is 0 Å². The first-order chi connectivity index (χ1) is 4.18. The molecule has 1 rings (SSSR count). The Morgan fingerprint density at radius 1 is 1.00 bits per heavy atom. The van der Waals surface area contributed by atoms with Crippen LogP contribution in [0.3, 0.4) is 0 Å². The van der Waals surface area contributed by atoms with Crippen molar-refractivity contribution >= 4 is 8.41 Å². The summed E-state index contributed by atoms with van der Waals surface area (Å²) < 4.78 is 0. The fraction of sp³-hybridized carbons (Fsp3) is 0.429. The third-order valence-corrected chi connectivity index (χ3v) is 1.09. The lowest BCUT2D eigenvalue weighted by atomic mass is 10.3. The quantitative estimate of drug-likeness (QED) is 0.493. The summed E-state index contributed by atoms with van der Waals surface area (Å²) >= 11 is 0. The average molecular weight is 133 g/mol. The second-order valence-electron chi connectivity index (χ2n) is 2.20. The van der Waals surface area contributed by atoms with Gasteiger partial charge in [0.05, 0.1) is 0 Å². The molecule has 0 saturated heterocycles. The summed E-state index contributed by atoms with van der Waals surface area (Å²) in [6.45, 7) is 5.85. The Labute approximate surface area is 63.3 Å². The normalized spacial score (nSPS) is 8.70. The zero-order chi connectivity index (χ0) is 6.85. The van der Waals surface area contributed by atoms with Crippen LogP contribution >= 0.6 is 0 Å². The minimum Gasteiger partial charge on any atom is -0.239 e. The summed E-state index contributed by atoms with van der Waals surface area (Å²) in [7, 11) is 0. The summed E-state index contributed by atoms with van der Waals surface area (Å²) in [5.41, 5.74) is 2.08. The van der Waals surface area contributed by atoms with Crippen molar-refractivity contribution in [1.82, 2.24) is 9.97 Å². The molecule has 0 N–H and O–H groups in total. The van der Waals surface area contributed by atoms with Crippen molar-refractivity contribution in [3.8, 4) is 0 Å². The van der Waals surface area contributed by atoms with Crippen LogP contribution in [0.5, 0.6) is 0 Å². The van der Waals surface area contributed by atoms with Gasteiger partial charge in [0.2, 0.25) is 0 Å². The van der Waals surface area contributed by atoms with E-state index in [9.17, 15) is 0 Å². The lowest BCUT2D eigenvalue weighted by molar-refractivity contribution is 0.976. The van der Waals surface area contributed by atoms with Crippen molar-refractivity contribution in [2.75, 3.05) is 0 Å². The van der Waals surface area contributed by atoms with Gasteiger partial charge >= 0.3 is 0 Å². The van der Waals surface area contributed by atoms with Crippen molar-refractivity contribution in [1.29, 1.82) is 0 Å². The molecule has 0 bridgehead atoms. The van der Waals surface area contributed by atoms with Gasteiger partial charge in [0, 0.05) is 19.8 Å². The van der Waals surface area contributed by atoms with E-state index in [2.05, 4.69) is 9.97 Å². The molecule has 0 aliphatic heterocycles. The minimum absolute atomic E-state index is 0. The number of aromatic nitrogens is 2. The Morgan fingerprint density at radius 3 is 1.70 bits per heavy atom. The summed E-state index contributed by atoms with van der Waals surface area (Å²) in [5.74, 6) is 0.854. The van der Waals surface area contributed by atoms with E-state index in [-0.39, 0.29) is 8.41 Å². The van der Waals surface area contributed by atoms with E-state index in [1.165, 1.54) is 0 Å². The fourth-order valence-electron chi connectivity index (χ4n) is 0.902. The molecule has 2 nitrogen and oxygen atoms in total. The van der Waals surface area contributed by atoms with Gasteiger partial charge in [-0.05, 0) is 26.8 Å². The van der Waals surface area contributed by atoms with E-state index >= 15 is 0 Å². The molecule has 0 aliphatic carbocycles. The van der Waals surface area contributed by atoms with Gasteiger partial charge in [0.15, 0.2) is 0 Å². The van der Waals surface area contributed by atoms with E-state index in [0.717, 1.165) is 17.2 Å². The second-order valence-corrected chi connectivity index (χ2v) is 2.20. The number of nitrogens with zero attached hydrogens (tertiary/aromatic N) is 2. The molecule has 3 heteroatoms. The predicted molar refractivity (Wildman–Crippen MR) is 42.0 cm³/mol. The Bertz CT molecular complexity index is 172. The third-order valence-electron chi connectivity index (χ3n) is 1.09. The summed E-state index contributed by atoms with van der Waals surface area (Å²) in [6.07, 6.45) is 0. The van der Waals surface area contributed by atoms with Gasteiger partial charge in [0.25, 0.3) is 0 Å². The molecule has 1 aromatic rings.